The Morgan fingerprint density at radius 3 is 2.68 bits per heavy atom. The number of allylic oxidation sites excluding steroid dienone is 4. The Labute approximate surface area is 173 Å². The monoisotopic (exact) mass is 436 g/mol. The van der Waals surface area contributed by atoms with Gasteiger partial charge in [-0.05, 0) is 37.0 Å². The lowest BCUT2D eigenvalue weighted by Gasteiger charge is -2.38. The minimum absolute atomic E-state index is 0.0860. The standard InChI is InChI=1S/C23H21BrN2O2/c1-13-15(12-25)21(22-17(26-13)10-23(2,3)11-18(22)27)20-9-8-19(28-20)14-6-4-5-7-16(14)24/h4-9,21,26H,10-11H2,1-3H3/t21-/m0/s1. The fraction of sp³-hybridized carbons (Fsp3) is 0.304. The molecular formula is C23H21BrN2O2. The molecule has 2 aromatic rings. The van der Waals surface area contributed by atoms with Gasteiger partial charge in [0.05, 0.1) is 17.6 Å². The maximum absolute atomic E-state index is 13.0. The minimum Gasteiger partial charge on any atom is -0.460 e. The van der Waals surface area contributed by atoms with Crippen LogP contribution in [0.3, 0.4) is 0 Å². The van der Waals surface area contributed by atoms with E-state index in [9.17, 15) is 10.1 Å². The number of nitrogens with one attached hydrogen (secondary N) is 1. The first-order chi connectivity index (χ1) is 13.3. The predicted molar refractivity (Wildman–Crippen MR) is 111 cm³/mol. The summed E-state index contributed by atoms with van der Waals surface area (Å²) in [7, 11) is 0. The van der Waals surface area contributed by atoms with Crippen LogP contribution in [0.4, 0.5) is 0 Å². The molecular weight excluding hydrogens is 416 g/mol. The maximum Gasteiger partial charge on any atom is 0.162 e. The summed E-state index contributed by atoms with van der Waals surface area (Å²) in [4.78, 5) is 13.0. The van der Waals surface area contributed by atoms with E-state index in [0.29, 0.717) is 29.1 Å². The van der Waals surface area contributed by atoms with Crippen molar-refractivity contribution in [2.24, 2.45) is 5.41 Å². The van der Waals surface area contributed by atoms with Gasteiger partial charge >= 0.3 is 0 Å². The van der Waals surface area contributed by atoms with Crippen LogP contribution >= 0.6 is 15.9 Å². The van der Waals surface area contributed by atoms with Crippen LogP contribution in [0.25, 0.3) is 11.3 Å². The van der Waals surface area contributed by atoms with Crippen LogP contribution in [0.1, 0.15) is 45.3 Å². The molecule has 4 rings (SSSR count). The van der Waals surface area contributed by atoms with Crippen molar-refractivity contribution < 1.29 is 9.21 Å². The van der Waals surface area contributed by atoms with Gasteiger partial charge in [-0.25, -0.2) is 0 Å². The largest absolute Gasteiger partial charge is 0.460 e. The topological polar surface area (TPSA) is 66.0 Å². The summed E-state index contributed by atoms with van der Waals surface area (Å²) < 4.78 is 7.12. The molecule has 4 nitrogen and oxygen atoms in total. The number of dihydropyridines is 1. The summed E-state index contributed by atoms with van der Waals surface area (Å²) in [5, 5.41) is 13.1. The third kappa shape index (κ3) is 3.12. The molecule has 1 aliphatic carbocycles. The van der Waals surface area contributed by atoms with Crippen LogP contribution in [-0.4, -0.2) is 5.78 Å². The van der Waals surface area contributed by atoms with Crippen LogP contribution in [0, 0.1) is 16.7 Å². The molecule has 0 spiro atoms. The van der Waals surface area contributed by atoms with Crippen LogP contribution in [-0.2, 0) is 4.79 Å². The fourth-order valence-electron chi connectivity index (χ4n) is 4.18. The second-order valence-corrected chi connectivity index (χ2v) is 9.08. The molecule has 1 aliphatic heterocycles. The average molecular weight is 437 g/mol. The first kappa shape index (κ1) is 18.8. The first-order valence-electron chi connectivity index (χ1n) is 9.29. The predicted octanol–water partition coefficient (Wildman–Crippen LogP) is 5.84. The van der Waals surface area contributed by atoms with Gasteiger partial charge in [0.1, 0.15) is 11.5 Å². The number of benzene rings is 1. The Morgan fingerprint density at radius 1 is 1.21 bits per heavy atom. The molecule has 0 radical (unpaired) electrons. The maximum atomic E-state index is 13.0. The third-order valence-electron chi connectivity index (χ3n) is 5.41. The van der Waals surface area contributed by atoms with Gasteiger partial charge in [0.2, 0.25) is 0 Å². The number of ketones is 1. The lowest BCUT2D eigenvalue weighted by atomic mass is 9.70. The molecule has 1 N–H and O–H groups in total. The number of nitrogens with zero attached hydrogens (tertiary/aromatic N) is 1. The van der Waals surface area contributed by atoms with Gasteiger partial charge in [-0.1, -0.05) is 48.0 Å². The minimum atomic E-state index is -0.457. The number of rotatable bonds is 2. The fourth-order valence-corrected chi connectivity index (χ4v) is 4.66. The van der Waals surface area contributed by atoms with Gasteiger partial charge in [0.25, 0.3) is 0 Å². The summed E-state index contributed by atoms with van der Waals surface area (Å²) in [5.74, 6) is 0.967. The molecule has 2 aliphatic rings. The van der Waals surface area contributed by atoms with Crippen molar-refractivity contribution in [3.05, 3.63) is 69.2 Å². The van der Waals surface area contributed by atoms with E-state index in [4.69, 9.17) is 4.42 Å². The first-order valence-corrected chi connectivity index (χ1v) is 10.1. The number of carbonyl (C=O) groups excluding carboxylic acids is 1. The summed E-state index contributed by atoms with van der Waals surface area (Å²) in [6, 6.07) is 13.9. The molecule has 0 amide bonds. The summed E-state index contributed by atoms with van der Waals surface area (Å²) in [6.45, 7) is 6.09. The molecule has 5 heteroatoms. The van der Waals surface area contributed by atoms with Crippen molar-refractivity contribution in [1.29, 1.82) is 5.26 Å². The van der Waals surface area contributed by atoms with E-state index in [-0.39, 0.29) is 11.2 Å². The number of hydrogen-bond donors (Lipinski definition) is 1. The Morgan fingerprint density at radius 2 is 1.96 bits per heavy atom. The Kier molecular flexibility index (Phi) is 4.55. The van der Waals surface area contributed by atoms with Crippen LogP contribution in [0.5, 0.6) is 0 Å². The number of nitriles is 1. The molecule has 1 aromatic carbocycles. The number of furan rings is 1. The smallest absolute Gasteiger partial charge is 0.162 e. The van der Waals surface area contributed by atoms with Gasteiger partial charge in [-0.2, -0.15) is 5.26 Å². The molecule has 0 fully saturated rings. The van der Waals surface area contributed by atoms with Crippen molar-refractivity contribution in [1.82, 2.24) is 5.32 Å². The molecule has 2 heterocycles. The highest BCUT2D eigenvalue weighted by Gasteiger charge is 2.42. The third-order valence-corrected chi connectivity index (χ3v) is 6.10. The Balaban J connectivity index is 1.84. The van der Waals surface area contributed by atoms with Crippen molar-refractivity contribution >= 4 is 21.7 Å². The van der Waals surface area contributed by atoms with Gasteiger partial charge in [0.15, 0.2) is 5.78 Å². The quantitative estimate of drug-likeness (QED) is 0.642. The summed E-state index contributed by atoms with van der Waals surface area (Å²) in [6.07, 6.45) is 1.25. The lowest BCUT2D eigenvalue weighted by molar-refractivity contribution is -0.118. The van der Waals surface area contributed by atoms with Crippen LogP contribution < -0.4 is 5.32 Å². The van der Waals surface area contributed by atoms with Crippen LogP contribution in [0.2, 0.25) is 0 Å². The SMILES string of the molecule is CC1=C(C#N)[C@@H](c2ccc(-c3ccccc3Br)o2)C2=C(CC(C)(C)CC2=O)N1. The molecule has 28 heavy (non-hydrogen) atoms. The average Bonchev–Trinajstić information content (AvgIpc) is 3.09. The number of carbonyl (C=O) groups is 1. The Hall–Kier alpha value is -2.58. The van der Waals surface area contributed by atoms with E-state index >= 15 is 0 Å². The van der Waals surface area contributed by atoms with Crippen molar-refractivity contribution in [2.75, 3.05) is 0 Å². The van der Waals surface area contributed by atoms with E-state index in [1.54, 1.807) is 0 Å². The molecule has 142 valence electrons. The molecule has 1 aromatic heterocycles. The van der Waals surface area contributed by atoms with Crippen LogP contribution in [0.15, 0.2) is 67.8 Å². The molecule has 0 unspecified atom stereocenters. The Bertz CT molecular complexity index is 1080. The highest BCUT2D eigenvalue weighted by Crippen LogP contribution is 2.47. The summed E-state index contributed by atoms with van der Waals surface area (Å²) in [5.41, 5.74) is 3.76. The van der Waals surface area contributed by atoms with E-state index in [0.717, 1.165) is 27.9 Å². The zero-order valence-corrected chi connectivity index (χ0v) is 17.7. The second kappa shape index (κ2) is 6.79. The second-order valence-electron chi connectivity index (χ2n) is 8.22. The van der Waals surface area contributed by atoms with Crippen molar-refractivity contribution in [3.8, 4) is 17.4 Å². The molecule has 0 saturated carbocycles. The number of Topliss-reactive ketones (excluding diaryl/α,β-unsaturated/α-hetero) is 1. The molecule has 0 saturated heterocycles. The van der Waals surface area contributed by atoms with E-state index in [1.165, 1.54) is 0 Å². The van der Waals surface area contributed by atoms with Gasteiger partial charge < -0.3 is 9.73 Å². The number of halogens is 1. The number of hydrogen-bond acceptors (Lipinski definition) is 4. The van der Waals surface area contributed by atoms with Crippen molar-refractivity contribution in [3.63, 3.8) is 0 Å². The lowest BCUT2D eigenvalue weighted by Crippen LogP contribution is -2.36. The van der Waals surface area contributed by atoms with E-state index in [2.05, 4.69) is 41.2 Å². The van der Waals surface area contributed by atoms with Crippen molar-refractivity contribution in [2.45, 2.75) is 39.5 Å². The summed E-state index contributed by atoms with van der Waals surface area (Å²) >= 11 is 3.56. The highest BCUT2D eigenvalue weighted by atomic mass is 79.9. The molecule has 1 atom stereocenters. The normalized spacial score (nSPS) is 21.2. The van der Waals surface area contributed by atoms with E-state index < -0.39 is 5.92 Å². The zero-order valence-electron chi connectivity index (χ0n) is 16.1. The van der Waals surface area contributed by atoms with E-state index in [1.807, 2.05) is 43.3 Å². The highest BCUT2D eigenvalue weighted by molar-refractivity contribution is 9.10. The van der Waals surface area contributed by atoms with Gasteiger partial charge in [0, 0.05) is 33.4 Å². The van der Waals surface area contributed by atoms with Gasteiger partial charge in [-0.15, -0.1) is 0 Å². The van der Waals surface area contributed by atoms with Gasteiger partial charge in [-0.3, -0.25) is 4.79 Å². The molecule has 0 bridgehead atoms. The zero-order chi connectivity index (χ0) is 20.1.